The molecule has 0 fully saturated rings. The summed E-state index contributed by atoms with van der Waals surface area (Å²) in [6.07, 6.45) is 0. The summed E-state index contributed by atoms with van der Waals surface area (Å²) in [5.74, 6) is 0.766. The molecule has 0 spiro atoms. The first kappa shape index (κ1) is 13.9. The highest BCUT2D eigenvalue weighted by molar-refractivity contribution is 5.94. The van der Waals surface area contributed by atoms with Crippen LogP contribution in [-0.2, 0) is 13.1 Å². The van der Waals surface area contributed by atoms with E-state index in [-0.39, 0.29) is 5.91 Å². The van der Waals surface area contributed by atoms with E-state index < -0.39 is 0 Å². The van der Waals surface area contributed by atoms with Gasteiger partial charge < -0.3 is 14.2 Å². The number of para-hydroxylation sites is 1. The topological polar surface area (TPSA) is 34.5 Å². The highest BCUT2D eigenvalue weighted by Crippen LogP contribution is 2.25. The molecule has 1 aromatic heterocycles. The van der Waals surface area contributed by atoms with E-state index in [0.29, 0.717) is 17.9 Å². The van der Waals surface area contributed by atoms with Crippen molar-refractivity contribution >= 4 is 16.8 Å². The summed E-state index contributed by atoms with van der Waals surface area (Å²) in [5, 5.41) is 1.23. The Balaban J connectivity index is 1.63. The van der Waals surface area contributed by atoms with E-state index in [4.69, 9.17) is 4.74 Å². The Morgan fingerprint density at radius 1 is 1.04 bits per heavy atom. The van der Waals surface area contributed by atoms with E-state index >= 15 is 0 Å². The van der Waals surface area contributed by atoms with Crippen molar-refractivity contribution in [3.8, 4) is 5.75 Å². The van der Waals surface area contributed by atoms with E-state index in [9.17, 15) is 4.79 Å². The SMILES string of the molecule is COc1cccc(C(=O)N2CCn3c(cc4ccccc43)C2)c1. The van der Waals surface area contributed by atoms with Crippen LogP contribution in [0.2, 0.25) is 0 Å². The third-order valence-corrected chi connectivity index (χ3v) is 4.45. The van der Waals surface area contributed by atoms with Crippen molar-refractivity contribution in [3.63, 3.8) is 0 Å². The van der Waals surface area contributed by atoms with Crippen LogP contribution in [0.15, 0.2) is 54.6 Å². The predicted molar refractivity (Wildman–Crippen MR) is 89.7 cm³/mol. The van der Waals surface area contributed by atoms with E-state index in [2.05, 4.69) is 28.8 Å². The number of aromatic nitrogens is 1. The normalized spacial score (nSPS) is 13.9. The zero-order chi connectivity index (χ0) is 15.8. The van der Waals surface area contributed by atoms with E-state index in [1.54, 1.807) is 13.2 Å². The van der Waals surface area contributed by atoms with Gasteiger partial charge in [0, 0.05) is 29.9 Å². The lowest BCUT2D eigenvalue weighted by molar-refractivity contribution is 0.0712. The predicted octanol–water partition coefficient (Wildman–Crippen LogP) is 3.31. The third kappa shape index (κ3) is 2.36. The fourth-order valence-corrected chi connectivity index (χ4v) is 3.27. The van der Waals surface area contributed by atoms with Crippen LogP contribution in [0.5, 0.6) is 5.75 Å². The minimum Gasteiger partial charge on any atom is -0.497 e. The van der Waals surface area contributed by atoms with Crippen molar-refractivity contribution < 1.29 is 9.53 Å². The van der Waals surface area contributed by atoms with Gasteiger partial charge in [-0.1, -0.05) is 24.3 Å². The van der Waals surface area contributed by atoms with Crippen LogP contribution in [0, 0.1) is 0 Å². The van der Waals surface area contributed by atoms with Crippen LogP contribution in [0.1, 0.15) is 16.1 Å². The summed E-state index contributed by atoms with van der Waals surface area (Å²) in [5.41, 5.74) is 3.11. The quantitative estimate of drug-likeness (QED) is 0.728. The molecular formula is C19H18N2O2. The molecule has 3 aromatic rings. The molecule has 2 heterocycles. The van der Waals surface area contributed by atoms with Crippen molar-refractivity contribution in [2.75, 3.05) is 13.7 Å². The number of fused-ring (bicyclic) bond motifs is 3. The summed E-state index contributed by atoms with van der Waals surface area (Å²) >= 11 is 0. The Kier molecular flexibility index (Phi) is 3.30. The fraction of sp³-hybridized carbons (Fsp3) is 0.211. The summed E-state index contributed by atoms with van der Waals surface area (Å²) in [6, 6.07) is 17.9. The largest absolute Gasteiger partial charge is 0.497 e. The number of nitrogens with zero attached hydrogens (tertiary/aromatic N) is 2. The molecule has 1 amide bonds. The van der Waals surface area contributed by atoms with Crippen molar-refractivity contribution in [1.82, 2.24) is 9.47 Å². The van der Waals surface area contributed by atoms with Gasteiger partial charge in [0.1, 0.15) is 5.75 Å². The monoisotopic (exact) mass is 306 g/mol. The van der Waals surface area contributed by atoms with Crippen LogP contribution in [0.3, 0.4) is 0 Å². The average Bonchev–Trinajstić information content (AvgIpc) is 2.98. The van der Waals surface area contributed by atoms with Crippen LogP contribution in [0.25, 0.3) is 10.9 Å². The highest BCUT2D eigenvalue weighted by Gasteiger charge is 2.23. The zero-order valence-corrected chi connectivity index (χ0v) is 13.0. The second-order valence-corrected chi connectivity index (χ2v) is 5.80. The molecule has 0 saturated heterocycles. The van der Waals surface area contributed by atoms with Crippen LogP contribution < -0.4 is 4.74 Å². The smallest absolute Gasteiger partial charge is 0.254 e. The van der Waals surface area contributed by atoms with Gasteiger partial charge in [0.15, 0.2) is 0 Å². The first-order chi connectivity index (χ1) is 11.3. The highest BCUT2D eigenvalue weighted by atomic mass is 16.5. The van der Waals surface area contributed by atoms with Gasteiger partial charge in [-0.05, 0) is 35.7 Å². The number of carbonyl (C=O) groups excluding carboxylic acids is 1. The number of hydrogen-bond acceptors (Lipinski definition) is 2. The summed E-state index contributed by atoms with van der Waals surface area (Å²) in [6.45, 7) is 2.20. The first-order valence-corrected chi connectivity index (χ1v) is 7.77. The number of rotatable bonds is 2. The minimum atomic E-state index is 0.0559. The number of methoxy groups -OCH3 is 1. The van der Waals surface area contributed by atoms with Crippen molar-refractivity contribution in [3.05, 3.63) is 65.9 Å². The maximum absolute atomic E-state index is 12.8. The molecular weight excluding hydrogens is 288 g/mol. The molecule has 2 aromatic carbocycles. The van der Waals surface area contributed by atoms with Gasteiger partial charge in [-0.2, -0.15) is 0 Å². The van der Waals surface area contributed by atoms with E-state index in [1.165, 1.54) is 16.6 Å². The van der Waals surface area contributed by atoms with Gasteiger partial charge in [0.05, 0.1) is 13.7 Å². The summed E-state index contributed by atoms with van der Waals surface area (Å²) in [7, 11) is 1.61. The number of benzene rings is 2. The molecule has 1 aliphatic rings. The Hall–Kier alpha value is -2.75. The number of hydrogen-bond donors (Lipinski definition) is 0. The second-order valence-electron chi connectivity index (χ2n) is 5.80. The lowest BCUT2D eigenvalue weighted by Crippen LogP contribution is -2.38. The van der Waals surface area contributed by atoms with Gasteiger partial charge in [-0.25, -0.2) is 0 Å². The van der Waals surface area contributed by atoms with Gasteiger partial charge in [-0.3, -0.25) is 4.79 Å². The molecule has 4 rings (SSSR count). The molecule has 0 saturated carbocycles. The van der Waals surface area contributed by atoms with Gasteiger partial charge in [0.25, 0.3) is 5.91 Å². The Morgan fingerprint density at radius 2 is 1.91 bits per heavy atom. The number of carbonyl (C=O) groups is 1. The van der Waals surface area contributed by atoms with Gasteiger partial charge in [0.2, 0.25) is 0 Å². The fourth-order valence-electron chi connectivity index (χ4n) is 3.27. The molecule has 0 N–H and O–H groups in total. The Bertz CT molecular complexity index is 882. The minimum absolute atomic E-state index is 0.0559. The van der Waals surface area contributed by atoms with Crippen LogP contribution >= 0.6 is 0 Å². The molecule has 0 atom stereocenters. The molecule has 0 aliphatic carbocycles. The van der Waals surface area contributed by atoms with E-state index in [1.807, 2.05) is 29.2 Å². The van der Waals surface area contributed by atoms with Crippen LogP contribution in [0.4, 0.5) is 0 Å². The second kappa shape index (κ2) is 5.47. The standard InChI is InChI=1S/C19H18N2O2/c1-23-17-7-4-6-15(12-17)19(22)20-9-10-21-16(13-20)11-14-5-2-3-8-18(14)21/h2-8,11-12H,9-10,13H2,1H3. The molecule has 0 radical (unpaired) electrons. The third-order valence-electron chi connectivity index (χ3n) is 4.45. The molecule has 4 heteroatoms. The molecule has 116 valence electrons. The molecule has 0 bridgehead atoms. The Labute approximate surface area is 134 Å². The van der Waals surface area contributed by atoms with Gasteiger partial charge >= 0.3 is 0 Å². The van der Waals surface area contributed by atoms with Gasteiger partial charge in [-0.15, -0.1) is 0 Å². The molecule has 0 unspecified atom stereocenters. The summed E-state index contributed by atoms with van der Waals surface area (Å²) < 4.78 is 7.52. The molecule has 23 heavy (non-hydrogen) atoms. The zero-order valence-electron chi connectivity index (χ0n) is 13.0. The number of amides is 1. The lowest BCUT2D eigenvalue weighted by Gasteiger charge is -2.29. The maximum Gasteiger partial charge on any atom is 0.254 e. The average molecular weight is 306 g/mol. The van der Waals surface area contributed by atoms with Crippen molar-refractivity contribution in [1.29, 1.82) is 0 Å². The first-order valence-electron chi connectivity index (χ1n) is 7.77. The van der Waals surface area contributed by atoms with Crippen molar-refractivity contribution in [2.45, 2.75) is 13.1 Å². The molecule has 4 nitrogen and oxygen atoms in total. The maximum atomic E-state index is 12.8. The molecule has 1 aliphatic heterocycles. The lowest BCUT2D eigenvalue weighted by atomic mass is 10.1. The number of ether oxygens (including phenoxy) is 1. The summed E-state index contributed by atoms with van der Waals surface area (Å²) in [4.78, 5) is 14.7. The van der Waals surface area contributed by atoms with E-state index in [0.717, 1.165) is 13.1 Å². The Morgan fingerprint density at radius 3 is 2.78 bits per heavy atom. The van der Waals surface area contributed by atoms with Crippen LogP contribution in [-0.4, -0.2) is 29.0 Å². The van der Waals surface area contributed by atoms with Crippen molar-refractivity contribution in [2.24, 2.45) is 0 Å².